The molecule has 0 unspecified atom stereocenters. The van der Waals surface area contributed by atoms with Crippen molar-refractivity contribution in [1.29, 1.82) is 0 Å². The maximum Gasteiger partial charge on any atom is 0.123 e. The van der Waals surface area contributed by atoms with Crippen molar-refractivity contribution in [2.45, 2.75) is 20.4 Å². The molecule has 1 aromatic carbocycles. The van der Waals surface area contributed by atoms with E-state index in [9.17, 15) is 5.11 Å². The number of rotatable bonds is 3. The van der Waals surface area contributed by atoms with Crippen LogP contribution in [0, 0.1) is 6.92 Å². The van der Waals surface area contributed by atoms with Crippen molar-refractivity contribution in [3.63, 3.8) is 0 Å². The van der Waals surface area contributed by atoms with Crippen molar-refractivity contribution in [2.75, 3.05) is 0 Å². The first kappa shape index (κ1) is 13.4. The quantitative estimate of drug-likeness (QED) is 0.796. The van der Waals surface area contributed by atoms with Crippen molar-refractivity contribution in [1.82, 2.24) is 14.8 Å². The van der Waals surface area contributed by atoms with Gasteiger partial charge in [-0.15, -0.1) is 0 Å². The minimum Gasteiger partial charge on any atom is -0.507 e. The van der Waals surface area contributed by atoms with Crippen LogP contribution in [0.3, 0.4) is 0 Å². The van der Waals surface area contributed by atoms with Gasteiger partial charge in [-0.05, 0) is 32.0 Å². The van der Waals surface area contributed by atoms with Crippen LogP contribution in [-0.4, -0.2) is 19.9 Å². The summed E-state index contributed by atoms with van der Waals surface area (Å²) in [5.74, 6) is 0.270. The Labute approximate surface area is 123 Å². The topological polar surface area (TPSA) is 50.9 Å². The largest absolute Gasteiger partial charge is 0.507 e. The van der Waals surface area contributed by atoms with Gasteiger partial charge < -0.3 is 5.11 Å². The average Bonchev–Trinajstić information content (AvgIpc) is 2.85. The van der Waals surface area contributed by atoms with Crippen molar-refractivity contribution < 1.29 is 5.11 Å². The number of phenols is 1. The van der Waals surface area contributed by atoms with Crippen LogP contribution in [0.2, 0.25) is 0 Å². The number of aryl methyl sites for hydroxylation is 2. The van der Waals surface area contributed by atoms with Gasteiger partial charge in [0.1, 0.15) is 5.75 Å². The van der Waals surface area contributed by atoms with Crippen LogP contribution in [0.1, 0.15) is 12.6 Å². The molecule has 0 amide bonds. The number of hydrogen-bond donors (Lipinski definition) is 1. The standard InChI is InChI=1S/C17H17N3O/c1-3-20-17(13-8-10-18-11-9-13)16(12(2)19-20)14-6-4-5-7-15(14)21/h4-11,21H,3H2,1-2H3. The lowest BCUT2D eigenvalue weighted by Gasteiger charge is -2.09. The van der Waals surface area contributed by atoms with Crippen LogP contribution in [0.15, 0.2) is 48.8 Å². The van der Waals surface area contributed by atoms with Gasteiger partial charge in [-0.1, -0.05) is 18.2 Å². The van der Waals surface area contributed by atoms with Crippen molar-refractivity contribution in [2.24, 2.45) is 0 Å². The predicted octanol–water partition coefficient (Wildman–Crippen LogP) is 3.65. The minimum absolute atomic E-state index is 0.270. The minimum atomic E-state index is 0.270. The Morgan fingerprint density at radius 2 is 1.81 bits per heavy atom. The molecule has 0 spiro atoms. The maximum atomic E-state index is 10.2. The Morgan fingerprint density at radius 1 is 1.10 bits per heavy atom. The van der Waals surface area contributed by atoms with Crippen LogP contribution < -0.4 is 0 Å². The molecule has 0 bridgehead atoms. The molecular formula is C17H17N3O. The van der Waals surface area contributed by atoms with Gasteiger partial charge in [-0.25, -0.2) is 0 Å². The zero-order chi connectivity index (χ0) is 14.8. The first-order valence-corrected chi connectivity index (χ1v) is 6.98. The van der Waals surface area contributed by atoms with Gasteiger partial charge in [0.25, 0.3) is 0 Å². The number of para-hydroxylation sites is 1. The molecule has 4 nitrogen and oxygen atoms in total. The van der Waals surface area contributed by atoms with Crippen molar-refractivity contribution >= 4 is 0 Å². The Bertz CT molecular complexity index is 763. The third-order valence-electron chi connectivity index (χ3n) is 3.55. The number of benzene rings is 1. The molecule has 0 atom stereocenters. The SMILES string of the molecule is CCn1nc(C)c(-c2ccccc2O)c1-c1ccncc1. The summed E-state index contributed by atoms with van der Waals surface area (Å²) in [4.78, 5) is 4.07. The van der Waals surface area contributed by atoms with Gasteiger partial charge in [0.15, 0.2) is 0 Å². The molecule has 3 rings (SSSR count). The molecule has 1 N–H and O–H groups in total. The Kier molecular flexibility index (Phi) is 3.44. The molecule has 0 radical (unpaired) electrons. The van der Waals surface area contributed by atoms with Crippen LogP contribution in [0.5, 0.6) is 5.75 Å². The molecular weight excluding hydrogens is 262 g/mol. The molecule has 0 saturated heterocycles. The van der Waals surface area contributed by atoms with Crippen LogP contribution in [-0.2, 0) is 6.54 Å². The second-order valence-electron chi connectivity index (χ2n) is 4.88. The summed E-state index contributed by atoms with van der Waals surface area (Å²) in [6.45, 7) is 4.80. The van der Waals surface area contributed by atoms with Crippen LogP contribution >= 0.6 is 0 Å². The molecule has 0 aliphatic heterocycles. The van der Waals surface area contributed by atoms with E-state index in [4.69, 9.17) is 0 Å². The number of phenolic OH excluding ortho intramolecular Hbond substituents is 1. The highest BCUT2D eigenvalue weighted by molar-refractivity contribution is 5.85. The lowest BCUT2D eigenvalue weighted by atomic mass is 9.99. The smallest absolute Gasteiger partial charge is 0.123 e. The molecule has 21 heavy (non-hydrogen) atoms. The van der Waals surface area contributed by atoms with Gasteiger partial charge in [0.05, 0.1) is 11.4 Å². The average molecular weight is 279 g/mol. The van der Waals surface area contributed by atoms with Crippen molar-refractivity contribution in [3.8, 4) is 28.1 Å². The van der Waals surface area contributed by atoms with E-state index in [-0.39, 0.29) is 5.75 Å². The predicted molar refractivity (Wildman–Crippen MR) is 83.0 cm³/mol. The van der Waals surface area contributed by atoms with E-state index in [0.717, 1.165) is 34.6 Å². The molecule has 4 heteroatoms. The van der Waals surface area contributed by atoms with Gasteiger partial charge in [0.2, 0.25) is 0 Å². The fourth-order valence-corrected chi connectivity index (χ4v) is 2.62. The molecule has 0 aliphatic carbocycles. The number of pyridine rings is 1. The lowest BCUT2D eigenvalue weighted by molar-refractivity contribution is 0.477. The molecule has 2 heterocycles. The Balaban J connectivity index is 2.31. The summed E-state index contributed by atoms with van der Waals surface area (Å²) in [6.07, 6.45) is 3.54. The fourth-order valence-electron chi connectivity index (χ4n) is 2.62. The number of nitrogens with zero attached hydrogens (tertiary/aromatic N) is 3. The summed E-state index contributed by atoms with van der Waals surface area (Å²) in [5, 5.41) is 14.8. The van der Waals surface area contributed by atoms with Gasteiger partial charge in [-0.3, -0.25) is 9.67 Å². The van der Waals surface area contributed by atoms with E-state index in [1.54, 1.807) is 18.5 Å². The first-order valence-electron chi connectivity index (χ1n) is 6.98. The molecule has 0 aliphatic rings. The number of aromatic nitrogens is 3. The van der Waals surface area contributed by atoms with E-state index in [2.05, 4.69) is 17.0 Å². The third kappa shape index (κ3) is 2.29. The third-order valence-corrected chi connectivity index (χ3v) is 3.55. The zero-order valence-electron chi connectivity index (χ0n) is 12.1. The summed E-state index contributed by atoms with van der Waals surface area (Å²) >= 11 is 0. The summed E-state index contributed by atoms with van der Waals surface area (Å²) < 4.78 is 1.96. The van der Waals surface area contributed by atoms with Crippen molar-refractivity contribution in [3.05, 3.63) is 54.5 Å². The van der Waals surface area contributed by atoms with Gasteiger partial charge in [-0.2, -0.15) is 5.10 Å². The normalized spacial score (nSPS) is 10.8. The molecule has 106 valence electrons. The first-order chi connectivity index (χ1) is 10.2. The highest BCUT2D eigenvalue weighted by Gasteiger charge is 2.19. The molecule has 0 saturated carbocycles. The molecule has 2 aromatic heterocycles. The Morgan fingerprint density at radius 3 is 2.48 bits per heavy atom. The molecule has 3 aromatic rings. The zero-order valence-corrected chi connectivity index (χ0v) is 12.1. The lowest BCUT2D eigenvalue weighted by Crippen LogP contribution is -1.99. The number of aromatic hydroxyl groups is 1. The van der Waals surface area contributed by atoms with E-state index in [1.807, 2.05) is 41.9 Å². The van der Waals surface area contributed by atoms with E-state index in [1.165, 1.54) is 0 Å². The fraction of sp³-hybridized carbons (Fsp3) is 0.176. The second kappa shape index (κ2) is 5.40. The van der Waals surface area contributed by atoms with E-state index in [0.29, 0.717) is 0 Å². The van der Waals surface area contributed by atoms with Gasteiger partial charge in [0, 0.05) is 35.6 Å². The maximum absolute atomic E-state index is 10.2. The Hall–Kier alpha value is -2.62. The van der Waals surface area contributed by atoms with E-state index < -0.39 is 0 Å². The summed E-state index contributed by atoms with van der Waals surface area (Å²) in [5.41, 5.74) is 4.75. The highest BCUT2D eigenvalue weighted by atomic mass is 16.3. The summed E-state index contributed by atoms with van der Waals surface area (Å²) in [6, 6.07) is 11.3. The number of hydrogen-bond acceptors (Lipinski definition) is 3. The van der Waals surface area contributed by atoms with E-state index >= 15 is 0 Å². The molecule has 0 fully saturated rings. The monoisotopic (exact) mass is 279 g/mol. The van der Waals surface area contributed by atoms with Gasteiger partial charge >= 0.3 is 0 Å². The van der Waals surface area contributed by atoms with Crippen LogP contribution in [0.4, 0.5) is 0 Å². The second-order valence-corrected chi connectivity index (χ2v) is 4.88. The van der Waals surface area contributed by atoms with Crippen LogP contribution in [0.25, 0.3) is 22.4 Å². The summed E-state index contributed by atoms with van der Waals surface area (Å²) in [7, 11) is 0. The highest BCUT2D eigenvalue weighted by Crippen LogP contribution is 2.38.